The molecule has 0 unspecified atom stereocenters. The molecule has 0 aromatic carbocycles. The minimum atomic E-state index is -0.899. The number of hydrogen-bond donors (Lipinski definition) is 2. The van der Waals surface area contributed by atoms with E-state index in [0.717, 1.165) is 22.9 Å². The summed E-state index contributed by atoms with van der Waals surface area (Å²) >= 11 is 1.46. The van der Waals surface area contributed by atoms with Gasteiger partial charge in [0.2, 0.25) is 5.91 Å². The molecule has 2 aromatic rings. The third-order valence-electron chi connectivity index (χ3n) is 4.16. The molecule has 6 heteroatoms. The number of rotatable bonds is 7. The van der Waals surface area contributed by atoms with E-state index in [0.29, 0.717) is 5.69 Å². The molecule has 0 spiro atoms. The summed E-state index contributed by atoms with van der Waals surface area (Å²) in [5.74, 6) is 1.54. The molecule has 0 bridgehead atoms. The van der Waals surface area contributed by atoms with Crippen LogP contribution in [0.2, 0.25) is 0 Å². The summed E-state index contributed by atoms with van der Waals surface area (Å²) in [7, 11) is 0. The number of hydrogen-bond acceptors (Lipinski definition) is 5. The summed E-state index contributed by atoms with van der Waals surface area (Å²) in [5.41, 5.74) is -0.191. The Morgan fingerprint density at radius 2 is 2.26 bits per heavy atom. The fourth-order valence-corrected chi connectivity index (χ4v) is 2.95. The molecule has 2 aromatic heterocycles. The van der Waals surface area contributed by atoms with Gasteiger partial charge in [0.05, 0.1) is 17.7 Å². The van der Waals surface area contributed by atoms with Crippen LogP contribution in [0.25, 0.3) is 10.8 Å². The summed E-state index contributed by atoms with van der Waals surface area (Å²) < 4.78 is 5.53. The van der Waals surface area contributed by atoms with Gasteiger partial charge in [0, 0.05) is 11.9 Å². The lowest BCUT2D eigenvalue weighted by molar-refractivity contribution is -0.122. The molecule has 0 aliphatic rings. The summed E-state index contributed by atoms with van der Waals surface area (Å²) in [5, 5.41) is 15.7. The maximum absolute atomic E-state index is 12.0. The number of aromatic nitrogens is 1. The topological polar surface area (TPSA) is 75.4 Å². The van der Waals surface area contributed by atoms with Crippen molar-refractivity contribution in [2.24, 2.45) is 5.92 Å². The second kappa shape index (κ2) is 7.27. The van der Waals surface area contributed by atoms with Crippen LogP contribution in [0, 0.1) is 12.8 Å². The van der Waals surface area contributed by atoms with Crippen LogP contribution < -0.4 is 5.32 Å². The second-order valence-corrected chi connectivity index (χ2v) is 7.03. The molecular weight excluding hydrogens is 312 g/mol. The highest BCUT2D eigenvalue weighted by Gasteiger charge is 2.27. The van der Waals surface area contributed by atoms with Crippen LogP contribution in [0.3, 0.4) is 0 Å². The van der Waals surface area contributed by atoms with Crippen LogP contribution in [0.5, 0.6) is 0 Å². The zero-order valence-electron chi connectivity index (χ0n) is 14.0. The lowest BCUT2D eigenvalue weighted by Gasteiger charge is -2.29. The molecular formula is C17H24N2O3S. The van der Waals surface area contributed by atoms with Gasteiger partial charge in [0.25, 0.3) is 0 Å². The van der Waals surface area contributed by atoms with Crippen molar-refractivity contribution < 1.29 is 14.3 Å². The maximum Gasteiger partial charge on any atom is 0.226 e. The molecule has 0 saturated heterocycles. The largest absolute Gasteiger partial charge is 0.459 e. The Balaban J connectivity index is 1.90. The molecule has 5 nitrogen and oxygen atoms in total. The first-order valence-corrected chi connectivity index (χ1v) is 8.70. The van der Waals surface area contributed by atoms with Gasteiger partial charge in [-0.25, -0.2) is 4.98 Å². The zero-order chi connectivity index (χ0) is 17.0. The smallest absolute Gasteiger partial charge is 0.226 e. The van der Waals surface area contributed by atoms with Crippen molar-refractivity contribution in [3.05, 3.63) is 29.0 Å². The van der Waals surface area contributed by atoms with E-state index in [1.807, 2.05) is 38.3 Å². The Morgan fingerprint density at radius 1 is 1.52 bits per heavy atom. The zero-order valence-corrected chi connectivity index (χ0v) is 14.9. The molecule has 1 amide bonds. The maximum atomic E-state index is 12.0. The first-order chi connectivity index (χ1) is 10.8. The van der Waals surface area contributed by atoms with E-state index in [-0.39, 0.29) is 24.8 Å². The molecule has 23 heavy (non-hydrogen) atoms. The van der Waals surface area contributed by atoms with Gasteiger partial charge in [-0.1, -0.05) is 20.3 Å². The third kappa shape index (κ3) is 4.65. The molecule has 2 heterocycles. The number of furan rings is 1. The molecule has 0 aliphatic carbocycles. The van der Waals surface area contributed by atoms with E-state index in [1.54, 1.807) is 6.92 Å². The molecule has 0 radical (unpaired) electrons. The summed E-state index contributed by atoms with van der Waals surface area (Å²) in [6.45, 7) is 7.88. The minimum absolute atomic E-state index is 0.121. The van der Waals surface area contributed by atoms with Crippen molar-refractivity contribution in [2.45, 2.75) is 46.1 Å². The SMILES string of the molecule is CC[C@@H](C)[C@](C)(O)CNC(=O)Cc1csc(-c2ccc(C)o2)n1. The molecule has 2 N–H and O–H groups in total. The van der Waals surface area contributed by atoms with Gasteiger partial charge in [0.1, 0.15) is 5.76 Å². The van der Waals surface area contributed by atoms with Crippen molar-refractivity contribution >= 4 is 17.2 Å². The summed E-state index contributed by atoms with van der Waals surface area (Å²) in [6.07, 6.45) is 1.06. The van der Waals surface area contributed by atoms with Gasteiger partial charge in [-0.3, -0.25) is 4.79 Å². The lowest BCUT2D eigenvalue weighted by atomic mass is 9.88. The highest BCUT2D eigenvalue weighted by Crippen LogP contribution is 2.25. The molecule has 0 fully saturated rings. The van der Waals surface area contributed by atoms with Gasteiger partial charge in [-0.15, -0.1) is 11.3 Å². The lowest BCUT2D eigenvalue weighted by Crippen LogP contribution is -2.45. The van der Waals surface area contributed by atoms with E-state index in [9.17, 15) is 9.90 Å². The Morgan fingerprint density at radius 3 is 2.87 bits per heavy atom. The quantitative estimate of drug-likeness (QED) is 0.814. The first kappa shape index (κ1) is 17.7. The minimum Gasteiger partial charge on any atom is -0.459 e. The van der Waals surface area contributed by atoms with Gasteiger partial charge < -0.3 is 14.8 Å². The van der Waals surface area contributed by atoms with Crippen LogP contribution >= 0.6 is 11.3 Å². The Hall–Kier alpha value is -1.66. The third-order valence-corrected chi connectivity index (χ3v) is 5.07. The average Bonchev–Trinajstić information content (AvgIpc) is 3.13. The summed E-state index contributed by atoms with van der Waals surface area (Å²) in [4.78, 5) is 16.5. The van der Waals surface area contributed by atoms with E-state index in [1.165, 1.54) is 11.3 Å². The monoisotopic (exact) mass is 336 g/mol. The number of nitrogens with one attached hydrogen (secondary N) is 1. The van der Waals surface area contributed by atoms with Gasteiger partial charge in [0.15, 0.2) is 10.8 Å². The van der Waals surface area contributed by atoms with Crippen molar-refractivity contribution in [3.63, 3.8) is 0 Å². The Bertz CT molecular complexity index is 660. The van der Waals surface area contributed by atoms with Crippen LogP contribution in [0.1, 0.15) is 38.6 Å². The first-order valence-electron chi connectivity index (χ1n) is 7.82. The predicted octanol–water partition coefficient (Wildman–Crippen LogP) is 3.17. The van der Waals surface area contributed by atoms with E-state index in [2.05, 4.69) is 10.3 Å². The number of carbonyl (C=O) groups excluding carboxylic acids is 1. The van der Waals surface area contributed by atoms with E-state index < -0.39 is 5.60 Å². The Labute approximate surface area is 140 Å². The fraction of sp³-hybridized carbons (Fsp3) is 0.529. The van der Waals surface area contributed by atoms with Crippen molar-refractivity contribution in [2.75, 3.05) is 6.54 Å². The van der Waals surface area contributed by atoms with Gasteiger partial charge in [-0.05, 0) is 31.9 Å². The number of aliphatic hydroxyl groups is 1. The normalized spacial score (nSPS) is 15.2. The number of thiazole rings is 1. The van der Waals surface area contributed by atoms with Crippen molar-refractivity contribution in [3.8, 4) is 10.8 Å². The average molecular weight is 336 g/mol. The second-order valence-electron chi connectivity index (χ2n) is 6.17. The molecule has 2 rings (SSSR count). The molecule has 0 aliphatic heterocycles. The van der Waals surface area contributed by atoms with Crippen LogP contribution in [-0.2, 0) is 11.2 Å². The van der Waals surface area contributed by atoms with E-state index >= 15 is 0 Å². The standard InChI is InChI=1S/C17H24N2O3S/c1-5-11(2)17(4,21)10-18-15(20)8-13-9-23-16(19-13)14-7-6-12(3)22-14/h6-7,9,11,21H,5,8,10H2,1-4H3,(H,18,20)/t11-,17-/m1/s1. The molecule has 126 valence electrons. The highest BCUT2D eigenvalue weighted by atomic mass is 32.1. The number of amides is 1. The summed E-state index contributed by atoms with van der Waals surface area (Å²) in [6, 6.07) is 3.77. The van der Waals surface area contributed by atoms with Crippen LogP contribution in [-0.4, -0.2) is 28.1 Å². The van der Waals surface area contributed by atoms with Crippen LogP contribution in [0.15, 0.2) is 21.9 Å². The number of aryl methyl sites for hydroxylation is 1. The number of nitrogens with zero attached hydrogens (tertiary/aromatic N) is 1. The molecule has 0 saturated carbocycles. The van der Waals surface area contributed by atoms with E-state index in [4.69, 9.17) is 4.42 Å². The van der Waals surface area contributed by atoms with Crippen molar-refractivity contribution in [1.82, 2.24) is 10.3 Å². The van der Waals surface area contributed by atoms with Crippen LogP contribution in [0.4, 0.5) is 0 Å². The highest BCUT2D eigenvalue weighted by molar-refractivity contribution is 7.13. The van der Waals surface area contributed by atoms with Gasteiger partial charge in [-0.2, -0.15) is 0 Å². The van der Waals surface area contributed by atoms with Gasteiger partial charge >= 0.3 is 0 Å². The van der Waals surface area contributed by atoms with Crippen molar-refractivity contribution in [1.29, 1.82) is 0 Å². The molecule has 2 atom stereocenters. The Kier molecular flexibility index (Phi) is 5.59. The predicted molar refractivity (Wildman–Crippen MR) is 91.3 cm³/mol. The number of carbonyl (C=O) groups is 1. The fourth-order valence-electron chi connectivity index (χ4n) is 2.17.